The van der Waals surface area contributed by atoms with Crippen LogP contribution in [0.15, 0.2) is 24.4 Å². The van der Waals surface area contributed by atoms with Gasteiger partial charge in [0.15, 0.2) is 5.78 Å². The molecule has 0 spiro atoms. The van der Waals surface area contributed by atoms with Crippen LogP contribution in [-0.4, -0.2) is 20.8 Å². The predicted octanol–water partition coefficient (Wildman–Crippen LogP) is 2.43. The van der Waals surface area contributed by atoms with Gasteiger partial charge in [0.1, 0.15) is 5.69 Å². The third-order valence-corrected chi connectivity index (χ3v) is 2.51. The molecule has 0 aliphatic rings. The molecule has 0 N–H and O–H groups in total. The van der Waals surface area contributed by atoms with Gasteiger partial charge in [0, 0.05) is 11.9 Å². The van der Waals surface area contributed by atoms with E-state index in [0.717, 1.165) is 11.3 Å². The second-order valence-electron chi connectivity index (χ2n) is 3.54. The van der Waals surface area contributed by atoms with Crippen molar-refractivity contribution in [2.24, 2.45) is 0 Å². The van der Waals surface area contributed by atoms with Gasteiger partial charge in [0.2, 0.25) is 0 Å². The van der Waals surface area contributed by atoms with E-state index in [1.165, 1.54) is 6.92 Å². The van der Waals surface area contributed by atoms with Crippen molar-refractivity contribution in [3.63, 3.8) is 0 Å². The highest BCUT2D eigenvalue weighted by Gasteiger charge is 2.08. The van der Waals surface area contributed by atoms with Gasteiger partial charge >= 0.3 is 0 Å². The molecule has 0 unspecified atom stereocenters. The number of hydrogen-bond donors (Lipinski definition) is 0. The second-order valence-corrected chi connectivity index (χ2v) is 3.97. The number of benzene rings is 1. The van der Waals surface area contributed by atoms with E-state index in [1.54, 1.807) is 16.9 Å². The van der Waals surface area contributed by atoms with E-state index in [0.29, 0.717) is 10.7 Å². The summed E-state index contributed by atoms with van der Waals surface area (Å²) in [5, 5.41) is 8.31. The Bertz CT molecular complexity index is 548. The number of nitrogens with zero attached hydrogens (tertiary/aromatic N) is 3. The minimum absolute atomic E-state index is 0.106. The molecule has 0 amide bonds. The van der Waals surface area contributed by atoms with Crippen molar-refractivity contribution >= 4 is 17.4 Å². The standard InChI is InChI=1S/C11H10ClN3O/c1-7-3-4-9(12)5-11(7)15-6-10(8(2)16)13-14-15/h3-6H,1-2H3. The number of Topliss-reactive ketones (excluding diaryl/α,β-unsaturated/α-hetero) is 1. The van der Waals surface area contributed by atoms with Crippen LogP contribution in [0.5, 0.6) is 0 Å². The second kappa shape index (κ2) is 4.06. The molecule has 5 heteroatoms. The van der Waals surface area contributed by atoms with Crippen molar-refractivity contribution in [3.8, 4) is 5.69 Å². The Labute approximate surface area is 97.8 Å². The molecule has 0 bridgehead atoms. The number of ketones is 1. The minimum Gasteiger partial charge on any atom is -0.293 e. The maximum Gasteiger partial charge on any atom is 0.181 e. The number of halogens is 1. The largest absolute Gasteiger partial charge is 0.293 e. The van der Waals surface area contributed by atoms with Gasteiger partial charge in [-0.05, 0) is 24.6 Å². The zero-order valence-electron chi connectivity index (χ0n) is 8.94. The van der Waals surface area contributed by atoms with E-state index in [-0.39, 0.29) is 5.78 Å². The Morgan fingerprint density at radius 1 is 1.44 bits per heavy atom. The number of rotatable bonds is 2. The average Bonchev–Trinajstić information content (AvgIpc) is 2.70. The Morgan fingerprint density at radius 2 is 2.19 bits per heavy atom. The van der Waals surface area contributed by atoms with E-state index >= 15 is 0 Å². The van der Waals surface area contributed by atoms with Crippen LogP contribution in [0.2, 0.25) is 5.02 Å². The van der Waals surface area contributed by atoms with Gasteiger partial charge in [-0.2, -0.15) is 0 Å². The Morgan fingerprint density at radius 3 is 2.81 bits per heavy atom. The van der Waals surface area contributed by atoms with Crippen LogP contribution in [0.1, 0.15) is 23.0 Å². The molecule has 0 saturated carbocycles. The number of hydrogen-bond acceptors (Lipinski definition) is 3. The summed E-state index contributed by atoms with van der Waals surface area (Å²) < 4.78 is 1.55. The van der Waals surface area contributed by atoms with E-state index in [2.05, 4.69) is 10.3 Å². The van der Waals surface area contributed by atoms with Gasteiger partial charge in [0.05, 0.1) is 11.9 Å². The van der Waals surface area contributed by atoms with Crippen LogP contribution in [0.3, 0.4) is 0 Å². The molecule has 4 nitrogen and oxygen atoms in total. The SMILES string of the molecule is CC(=O)c1cn(-c2cc(Cl)ccc2C)nn1. The van der Waals surface area contributed by atoms with E-state index in [9.17, 15) is 4.79 Å². The lowest BCUT2D eigenvalue weighted by Gasteiger charge is -2.04. The van der Waals surface area contributed by atoms with Crippen LogP contribution in [0.25, 0.3) is 5.69 Å². The lowest BCUT2D eigenvalue weighted by Crippen LogP contribution is -1.97. The molecule has 1 aromatic carbocycles. The highest BCUT2D eigenvalue weighted by atomic mass is 35.5. The van der Waals surface area contributed by atoms with Crippen LogP contribution < -0.4 is 0 Å². The summed E-state index contributed by atoms with van der Waals surface area (Å²) in [7, 11) is 0. The molecule has 2 aromatic rings. The summed E-state index contributed by atoms with van der Waals surface area (Å²) in [6.45, 7) is 3.40. The first-order valence-corrected chi connectivity index (χ1v) is 5.15. The summed E-state index contributed by atoms with van der Waals surface area (Å²) in [6, 6.07) is 5.49. The van der Waals surface area contributed by atoms with Gasteiger partial charge < -0.3 is 0 Å². The van der Waals surface area contributed by atoms with Gasteiger partial charge in [-0.25, -0.2) is 4.68 Å². The summed E-state index contributed by atoms with van der Waals surface area (Å²) in [5.74, 6) is -0.106. The molecule has 0 aliphatic carbocycles. The third-order valence-electron chi connectivity index (χ3n) is 2.27. The highest BCUT2D eigenvalue weighted by Crippen LogP contribution is 2.18. The fraction of sp³-hybridized carbons (Fsp3) is 0.182. The zero-order valence-corrected chi connectivity index (χ0v) is 9.69. The maximum absolute atomic E-state index is 11.1. The molecule has 0 radical (unpaired) electrons. The minimum atomic E-state index is -0.106. The molecule has 0 aliphatic heterocycles. The Hall–Kier alpha value is -1.68. The Kier molecular flexibility index (Phi) is 2.75. The molecule has 1 heterocycles. The van der Waals surface area contributed by atoms with Crippen LogP contribution >= 0.6 is 11.6 Å². The first kappa shape index (κ1) is 10.8. The lowest BCUT2D eigenvalue weighted by atomic mass is 10.2. The quantitative estimate of drug-likeness (QED) is 0.751. The highest BCUT2D eigenvalue weighted by molar-refractivity contribution is 6.30. The maximum atomic E-state index is 11.1. The van der Waals surface area contributed by atoms with Crippen LogP contribution in [0.4, 0.5) is 0 Å². The number of aromatic nitrogens is 3. The monoisotopic (exact) mass is 235 g/mol. The lowest BCUT2D eigenvalue weighted by molar-refractivity contribution is 0.101. The van der Waals surface area contributed by atoms with E-state index in [1.807, 2.05) is 19.1 Å². The van der Waals surface area contributed by atoms with E-state index < -0.39 is 0 Å². The van der Waals surface area contributed by atoms with Crippen LogP contribution in [-0.2, 0) is 0 Å². The summed E-state index contributed by atoms with van der Waals surface area (Å²) in [4.78, 5) is 11.1. The van der Waals surface area contributed by atoms with Crippen LogP contribution in [0, 0.1) is 6.92 Å². The molecule has 0 fully saturated rings. The smallest absolute Gasteiger partial charge is 0.181 e. The van der Waals surface area contributed by atoms with Gasteiger partial charge in [-0.1, -0.05) is 22.9 Å². The molecular formula is C11H10ClN3O. The topological polar surface area (TPSA) is 47.8 Å². The first-order valence-electron chi connectivity index (χ1n) is 4.78. The number of carbonyl (C=O) groups excluding carboxylic acids is 1. The van der Waals surface area contributed by atoms with Crippen molar-refractivity contribution < 1.29 is 4.79 Å². The molecular weight excluding hydrogens is 226 g/mol. The van der Waals surface area contributed by atoms with Crippen molar-refractivity contribution in [3.05, 3.63) is 40.7 Å². The fourth-order valence-corrected chi connectivity index (χ4v) is 1.54. The molecule has 0 atom stereocenters. The molecule has 1 aromatic heterocycles. The third kappa shape index (κ3) is 1.97. The number of carbonyl (C=O) groups is 1. The molecule has 2 rings (SSSR count). The fourth-order valence-electron chi connectivity index (χ4n) is 1.37. The normalized spacial score (nSPS) is 10.4. The first-order chi connectivity index (χ1) is 7.58. The molecule has 82 valence electrons. The van der Waals surface area contributed by atoms with Crippen molar-refractivity contribution in [2.75, 3.05) is 0 Å². The zero-order chi connectivity index (χ0) is 11.7. The predicted molar refractivity (Wildman–Crippen MR) is 61.1 cm³/mol. The number of aryl methyl sites for hydroxylation is 1. The van der Waals surface area contributed by atoms with Crippen molar-refractivity contribution in [1.29, 1.82) is 0 Å². The van der Waals surface area contributed by atoms with Crippen molar-refractivity contribution in [2.45, 2.75) is 13.8 Å². The van der Waals surface area contributed by atoms with Crippen molar-refractivity contribution in [1.82, 2.24) is 15.0 Å². The van der Waals surface area contributed by atoms with Gasteiger partial charge in [0.25, 0.3) is 0 Å². The van der Waals surface area contributed by atoms with Gasteiger partial charge in [-0.15, -0.1) is 5.10 Å². The molecule has 16 heavy (non-hydrogen) atoms. The Balaban J connectivity index is 2.50. The summed E-state index contributed by atoms with van der Waals surface area (Å²) in [5.41, 5.74) is 2.19. The summed E-state index contributed by atoms with van der Waals surface area (Å²) in [6.07, 6.45) is 1.60. The van der Waals surface area contributed by atoms with Gasteiger partial charge in [-0.3, -0.25) is 4.79 Å². The average molecular weight is 236 g/mol. The van der Waals surface area contributed by atoms with E-state index in [4.69, 9.17) is 11.6 Å². The summed E-state index contributed by atoms with van der Waals surface area (Å²) >= 11 is 5.91. The molecule has 0 saturated heterocycles.